The molecule has 2 N–H and O–H groups in total. The van der Waals surface area contributed by atoms with E-state index in [-0.39, 0.29) is 11.9 Å². The molecule has 0 aromatic heterocycles. The zero-order valence-corrected chi connectivity index (χ0v) is 15.7. The van der Waals surface area contributed by atoms with Crippen LogP contribution >= 0.6 is 0 Å². The lowest BCUT2D eigenvalue weighted by Crippen LogP contribution is -2.43. The van der Waals surface area contributed by atoms with E-state index >= 15 is 0 Å². The van der Waals surface area contributed by atoms with Crippen molar-refractivity contribution in [1.29, 1.82) is 0 Å². The molecular weight excluding hydrogens is 318 g/mol. The summed E-state index contributed by atoms with van der Waals surface area (Å²) in [5.74, 6) is 0.926. The molecule has 3 aliphatic rings. The first-order valence-electron chi connectivity index (χ1n) is 9.89. The lowest BCUT2D eigenvalue weighted by Gasteiger charge is -2.35. The number of carbonyl (C=O) groups excluding carboxylic acids is 1. The molecule has 142 valence electrons. The van der Waals surface area contributed by atoms with Crippen LogP contribution in [0.4, 0.5) is 4.79 Å². The van der Waals surface area contributed by atoms with Crippen molar-refractivity contribution in [2.45, 2.75) is 46.0 Å². The molecule has 6 heteroatoms. The Morgan fingerprint density at radius 2 is 1.92 bits per heavy atom. The number of urea groups is 1. The minimum atomic E-state index is -0.723. The van der Waals surface area contributed by atoms with Gasteiger partial charge >= 0.3 is 12.0 Å². The normalized spacial score (nSPS) is 35.6. The van der Waals surface area contributed by atoms with Crippen molar-refractivity contribution in [2.75, 3.05) is 39.3 Å². The van der Waals surface area contributed by atoms with Crippen LogP contribution in [0.15, 0.2) is 0 Å². The Morgan fingerprint density at radius 3 is 2.56 bits per heavy atom. The van der Waals surface area contributed by atoms with Gasteiger partial charge in [-0.3, -0.25) is 4.79 Å². The Balaban J connectivity index is 1.40. The van der Waals surface area contributed by atoms with E-state index in [1.54, 1.807) is 4.90 Å². The van der Waals surface area contributed by atoms with Crippen molar-refractivity contribution >= 4 is 12.0 Å². The average Bonchev–Trinajstić information content (AvgIpc) is 3.08. The van der Waals surface area contributed by atoms with Gasteiger partial charge in [0, 0.05) is 32.7 Å². The van der Waals surface area contributed by atoms with Crippen LogP contribution < -0.4 is 5.32 Å². The summed E-state index contributed by atoms with van der Waals surface area (Å²) >= 11 is 0. The molecule has 0 bridgehead atoms. The number of hydrogen-bond acceptors (Lipinski definition) is 3. The number of aliphatic carboxylic acids is 1. The zero-order chi connectivity index (χ0) is 18.0. The molecule has 3 rings (SSSR count). The van der Waals surface area contributed by atoms with Crippen molar-refractivity contribution in [1.82, 2.24) is 15.1 Å². The molecule has 2 unspecified atom stereocenters. The third kappa shape index (κ3) is 3.94. The lowest BCUT2D eigenvalue weighted by molar-refractivity contribution is -0.149. The van der Waals surface area contributed by atoms with Crippen LogP contribution in [0.1, 0.15) is 46.0 Å². The molecule has 2 amide bonds. The molecule has 0 aromatic carbocycles. The minimum absolute atomic E-state index is 0.0876. The lowest BCUT2D eigenvalue weighted by atomic mass is 9.81. The predicted molar refractivity (Wildman–Crippen MR) is 96.4 cm³/mol. The van der Waals surface area contributed by atoms with Gasteiger partial charge in [0.25, 0.3) is 0 Å². The van der Waals surface area contributed by atoms with Gasteiger partial charge in [-0.05, 0) is 50.0 Å². The Labute approximate surface area is 150 Å². The summed E-state index contributed by atoms with van der Waals surface area (Å²) in [4.78, 5) is 28.3. The van der Waals surface area contributed by atoms with Crippen LogP contribution in [0.5, 0.6) is 0 Å². The van der Waals surface area contributed by atoms with Crippen molar-refractivity contribution in [3.8, 4) is 0 Å². The van der Waals surface area contributed by atoms with Crippen molar-refractivity contribution in [2.24, 2.45) is 23.2 Å². The number of piperidine rings is 1. The van der Waals surface area contributed by atoms with Crippen molar-refractivity contribution in [3.05, 3.63) is 0 Å². The van der Waals surface area contributed by atoms with Gasteiger partial charge in [0.15, 0.2) is 0 Å². The first-order valence-corrected chi connectivity index (χ1v) is 9.89. The molecule has 0 spiro atoms. The highest BCUT2D eigenvalue weighted by atomic mass is 16.4. The minimum Gasteiger partial charge on any atom is -0.481 e. The molecule has 25 heavy (non-hydrogen) atoms. The number of likely N-dealkylation sites (tertiary alicyclic amines) is 2. The van der Waals surface area contributed by atoms with Gasteiger partial charge < -0.3 is 20.2 Å². The molecule has 2 saturated heterocycles. The number of nitrogens with one attached hydrogen (secondary N) is 1. The number of rotatable bonds is 5. The van der Waals surface area contributed by atoms with Crippen molar-refractivity contribution in [3.63, 3.8) is 0 Å². The topological polar surface area (TPSA) is 72.9 Å². The third-order valence-electron chi connectivity index (χ3n) is 6.46. The van der Waals surface area contributed by atoms with Crippen LogP contribution in [0, 0.1) is 23.2 Å². The molecule has 0 aromatic rings. The van der Waals surface area contributed by atoms with E-state index in [1.165, 1.54) is 6.42 Å². The number of carboxylic acid groups (broad SMARTS) is 1. The van der Waals surface area contributed by atoms with Crippen LogP contribution in [-0.4, -0.2) is 66.2 Å². The van der Waals surface area contributed by atoms with Crippen molar-refractivity contribution < 1.29 is 14.7 Å². The molecule has 1 saturated carbocycles. The summed E-state index contributed by atoms with van der Waals surface area (Å²) < 4.78 is 0. The Kier molecular flexibility index (Phi) is 5.56. The highest BCUT2D eigenvalue weighted by Gasteiger charge is 2.55. The summed E-state index contributed by atoms with van der Waals surface area (Å²) in [5, 5.41) is 12.6. The van der Waals surface area contributed by atoms with Gasteiger partial charge in [-0.2, -0.15) is 0 Å². The monoisotopic (exact) mass is 351 g/mol. The van der Waals surface area contributed by atoms with E-state index in [1.807, 2.05) is 0 Å². The summed E-state index contributed by atoms with van der Waals surface area (Å²) in [7, 11) is 0. The van der Waals surface area contributed by atoms with E-state index in [2.05, 4.69) is 24.1 Å². The number of carbonyl (C=O) groups is 2. The van der Waals surface area contributed by atoms with Gasteiger partial charge in [-0.25, -0.2) is 4.79 Å². The highest BCUT2D eigenvalue weighted by Crippen LogP contribution is 2.48. The Morgan fingerprint density at radius 1 is 1.20 bits per heavy atom. The zero-order valence-electron chi connectivity index (χ0n) is 15.7. The quantitative estimate of drug-likeness (QED) is 0.745. The predicted octanol–water partition coefficient (Wildman–Crippen LogP) is 2.25. The summed E-state index contributed by atoms with van der Waals surface area (Å²) in [6.07, 6.45) is 4.88. The highest BCUT2D eigenvalue weighted by molar-refractivity contribution is 5.80. The molecule has 1 aliphatic carbocycles. The smallest absolute Gasteiger partial charge is 0.317 e. The summed E-state index contributed by atoms with van der Waals surface area (Å²) in [6, 6.07) is -0.0876. The van der Waals surface area contributed by atoms with E-state index in [0.29, 0.717) is 26.1 Å². The second-order valence-corrected chi connectivity index (χ2v) is 8.72. The van der Waals surface area contributed by atoms with Crippen LogP contribution in [0.3, 0.4) is 0 Å². The van der Waals surface area contributed by atoms with E-state index in [0.717, 1.165) is 50.7 Å². The number of hydrogen-bond donors (Lipinski definition) is 2. The molecular formula is C19H33N3O3. The SMILES string of the molecule is CC1CC(C)CN(CCCNC(=O)N2C[C@@H]3CCC[C@@]3(C(=O)O)C2)C1. The number of nitrogens with zero attached hydrogens (tertiary/aromatic N) is 2. The largest absolute Gasteiger partial charge is 0.481 e. The second-order valence-electron chi connectivity index (χ2n) is 8.72. The maximum atomic E-state index is 12.4. The maximum absolute atomic E-state index is 12.4. The van der Waals surface area contributed by atoms with E-state index < -0.39 is 11.4 Å². The van der Waals surface area contributed by atoms with E-state index in [9.17, 15) is 14.7 Å². The number of amides is 2. The maximum Gasteiger partial charge on any atom is 0.317 e. The third-order valence-corrected chi connectivity index (χ3v) is 6.46. The number of carboxylic acids is 1. The first-order chi connectivity index (χ1) is 11.9. The van der Waals surface area contributed by atoms with Gasteiger partial charge in [0.1, 0.15) is 0 Å². The average molecular weight is 351 g/mol. The second kappa shape index (κ2) is 7.52. The molecule has 3 fully saturated rings. The van der Waals surface area contributed by atoms with Crippen LogP contribution in [-0.2, 0) is 4.79 Å². The number of fused-ring (bicyclic) bond motifs is 1. The van der Waals surface area contributed by atoms with Gasteiger partial charge in [-0.15, -0.1) is 0 Å². The van der Waals surface area contributed by atoms with Gasteiger partial charge in [0.2, 0.25) is 0 Å². The van der Waals surface area contributed by atoms with E-state index in [4.69, 9.17) is 0 Å². The summed E-state index contributed by atoms with van der Waals surface area (Å²) in [6.45, 7) is 9.61. The molecule has 6 nitrogen and oxygen atoms in total. The fourth-order valence-electron chi connectivity index (χ4n) is 5.38. The summed E-state index contributed by atoms with van der Waals surface area (Å²) in [5.41, 5.74) is -0.683. The molecule has 4 atom stereocenters. The fourth-order valence-corrected chi connectivity index (χ4v) is 5.38. The van der Waals surface area contributed by atoms with Crippen LogP contribution in [0.2, 0.25) is 0 Å². The fraction of sp³-hybridized carbons (Fsp3) is 0.895. The first kappa shape index (κ1) is 18.5. The molecule has 2 heterocycles. The standard InChI is InChI=1S/C19H33N3O3/c1-14-9-15(2)11-21(10-14)8-4-7-20-18(25)22-12-16-5-3-6-19(16,13-22)17(23)24/h14-16H,3-13H2,1-2H3,(H,20,25)(H,23,24)/t14?,15?,16-,19+/m0/s1. The Hall–Kier alpha value is -1.30. The molecule has 2 aliphatic heterocycles. The Bertz CT molecular complexity index is 502. The van der Waals surface area contributed by atoms with Gasteiger partial charge in [0.05, 0.1) is 5.41 Å². The molecule has 0 radical (unpaired) electrons. The van der Waals surface area contributed by atoms with Gasteiger partial charge in [-0.1, -0.05) is 20.3 Å². The van der Waals surface area contributed by atoms with Crippen LogP contribution in [0.25, 0.3) is 0 Å².